The first-order valence-electron chi connectivity index (χ1n) is 5.75. The Morgan fingerprint density at radius 2 is 2.27 bits per heavy atom. The van der Waals surface area contributed by atoms with Crippen molar-refractivity contribution in [2.45, 2.75) is 32.7 Å². The molecule has 1 aliphatic rings. The van der Waals surface area contributed by atoms with Crippen molar-refractivity contribution in [1.29, 1.82) is 0 Å². The fourth-order valence-electron chi connectivity index (χ4n) is 2.58. The van der Waals surface area contributed by atoms with Crippen molar-refractivity contribution < 1.29 is 0 Å². The van der Waals surface area contributed by atoms with E-state index in [-0.39, 0.29) is 6.04 Å². The maximum atomic E-state index is 6.07. The van der Waals surface area contributed by atoms with Crippen molar-refractivity contribution in [2.24, 2.45) is 5.73 Å². The molecule has 0 spiro atoms. The van der Waals surface area contributed by atoms with E-state index in [2.05, 4.69) is 43.9 Å². The summed E-state index contributed by atoms with van der Waals surface area (Å²) >= 11 is 0. The second-order valence-electron chi connectivity index (χ2n) is 4.51. The number of fused-ring (bicyclic) bond motifs is 1. The van der Waals surface area contributed by atoms with Crippen LogP contribution in [-0.2, 0) is 0 Å². The molecule has 2 N–H and O–H groups in total. The molecule has 2 nitrogen and oxygen atoms in total. The lowest BCUT2D eigenvalue weighted by Crippen LogP contribution is -2.30. The van der Waals surface area contributed by atoms with Crippen LogP contribution >= 0.6 is 0 Å². The van der Waals surface area contributed by atoms with Crippen LogP contribution in [0.5, 0.6) is 0 Å². The van der Waals surface area contributed by atoms with Crippen LogP contribution in [0.4, 0.5) is 5.69 Å². The molecule has 0 saturated carbocycles. The summed E-state index contributed by atoms with van der Waals surface area (Å²) in [5, 5.41) is 0. The van der Waals surface area contributed by atoms with Gasteiger partial charge in [0.05, 0.1) is 0 Å². The van der Waals surface area contributed by atoms with Crippen molar-refractivity contribution in [1.82, 2.24) is 0 Å². The Bertz CT molecular complexity index is 358. The predicted molar refractivity (Wildman–Crippen MR) is 65.5 cm³/mol. The summed E-state index contributed by atoms with van der Waals surface area (Å²) in [7, 11) is 0. The zero-order valence-corrected chi connectivity index (χ0v) is 9.83. The van der Waals surface area contributed by atoms with Gasteiger partial charge < -0.3 is 10.6 Å². The van der Waals surface area contributed by atoms with Crippen LogP contribution in [0.2, 0.25) is 0 Å². The quantitative estimate of drug-likeness (QED) is 0.800. The fraction of sp³-hybridized carbons (Fsp3) is 0.538. The molecule has 0 saturated heterocycles. The lowest BCUT2D eigenvalue weighted by Gasteiger charge is -2.18. The Kier molecular flexibility index (Phi) is 2.70. The molecule has 2 rings (SSSR count). The SMILES string of the molecule is CCN1CC(C(C)N)c2c(C)cccc21. The van der Waals surface area contributed by atoms with Crippen LogP contribution in [0.15, 0.2) is 18.2 Å². The lowest BCUT2D eigenvalue weighted by atomic mass is 9.92. The first-order valence-corrected chi connectivity index (χ1v) is 5.75. The van der Waals surface area contributed by atoms with E-state index in [1.807, 2.05) is 0 Å². The Morgan fingerprint density at radius 3 is 2.87 bits per heavy atom. The van der Waals surface area contributed by atoms with Gasteiger partial charge >= 0.3 is 0 Å². The van der Waals surface area contributed by atoms with Crippen molar-refractivity contribution >= 4 is 5.69 Å². The Morgan fingerprint density at radius 1 is 1.53 bits per heavy atom. The van der Waals surface area contributed by atoms with E-state index in [1.54, 1.807) is 0 Å². The van der Waals surface area contributed by atoms with Gasteiger partial charge in [-0.3, -0.25) is 0 Å². The van der Waals surface area contributed by atoms with Crippen molar-refractivity contribution in [3.05, 3.63) is 29.3 Å². The first kappa shape index (κ1) is 10.5. The molecule has 82 valence electrons. The summed E-state index contributed by atoms with van der Waals surface area (Å²) in [5.74, 6) is 0.501. The predicted octanol–water partition coefficient (Wildman–Crippen LogP) is 2.27. The average molecular weight is 204 g/mol. The minimum absolute atomic E-state index is 0.237. The number of likely N-dealkylation sites (N-methyl/N-ethyl adjacent to an activating group) is 1. The molecular weight excluding hydrogens is 184 g/mol. The molecule has 0 aliphatic carbocycles. The highest BCUT2D eigenvalue weighted by Crippen LogP contribution is 2.39. The minimum Gasteiger partial charge on any atom is -0.371 e. The molecule has 0 bridgehead atoms. The third-order valence-electron chi connectivity index (χ3n) is 3.45. The summed E-state index contributed by atoms with van der Waals surface area (Å²) in [5.41, 5.74) is 10.3. The maximum absolute atomic E-state index is 6.07. The zero-order valence-electron chi connectivity index (χ0n) is 9.83. The number of anilines is 1. The number of nitrogens with two attached hydrogens (primary N) is 1. The highest BCUT2D eigenvalue weighted by molar-refractivity contribution is 5.63. The minimum atomic E-state index is 0.237. The maximum Gasteiger partial charge on any atom is 0.0405 e. The molecule has 2 unspecified atom stereocenters. The van der Waals surface area contributed by atoms with Crippen molar-refractivity contribution in [3.8, 4) is 0 Å². The van der Waals surface area contributed by atoms with Crippen LogP contribution in [-0.4, -0.2) is 19.1 Å². The van der Waals surface area contributed by atoms with Gasteiger partial charge in [-0.05, 0) is 38.0 Å². The van der Waals surface area contributed by atoms with Crippen LogP contribution in [0.25, 0.3) is 0 Å². The summed E-state index contributed by atoms with van der Waals surface area (Å²) < 4.78 is 0. The van der Waals surface area contributed by atoms with E-state index in [4.69, 9.17) is 5.73 Å². The van der Waals surface area contributed by atoms with Gasteiger partial charge in [0.2, 0.25) is 0 Å². The molecule has 15 heavy (non-hydrogen) atoms. The smallest absolute Gasteiger partial charge is 0.0405 e. The van der Waals surface area contributed by atoms with E-state index < -0.39 is 0 Å². The van der Waals surface area contributed by atoms with Crippen molar-refractivity contribution in [2.75, 3.05) is 18.0 Å². The second kappa shape index (κ2) is 3.86. The summed E-state index contributed by atoms with van der Waals surface area (Å²) in [6.07, 6.45) is 0. The van der Waals surface area contributed by atoms with Gasteiger partial charge in [0.25, 0.3) is 0 Å². The van der Waals surface area contributed by atoms with E-state index in [0.29, 0.717) is 5.92 Å². The topological polar surface area (TPSA) is 29.3 Å². The van der Waals surface area contributed by atoms with E-state index in [1.165, 1.54) is 16.8 Å². The van der Waals surface area contributed by atoms with Gasteiger partial charge in [-0.1, -0.05) is 12.1 Å². The summed E-state index contributed by atoms with van der Waals surface area (Å²) in [4.78, 5) is 2.43. The van der Waals surface area contributed by atoms with Gasteiger partial charge in [0.15, 0.2) is 0 Å². The molecule has 0 radical (unpaired) electrons. The molecule has 0 fully saturated rings. The lowest BCUT2D eigenvalue weighted by molar-refractivity contribution is 0.585. The summed E-state index contributed by atoms with van der Waals surface area (Å²) in [6, 6.07) is 6.78. The van der Waals surface area contributed by atoms with E-state index >= 15 is 0 Å². The number of nitrogens with zero attached hydrogens (tertiary/aromatic N) is 1. The van der Waals surface area contributed by atoms with Gasteiger partial charge in [-0.25, -0.2) is 0 Å². The molecule has 0 amide bonds. The number of rotatable bonds is 2. The Labute approximate surface area is 92.1 Å². The van der Waals surface area contributed by atoms with Crippen LogP contribution in [0, 0.1) is 6.92 Å². The highest BCUT2D eigenvalue weighted by atomic mass is 15.2. The van der Waals surface area contributed by atoms with Crippen LogP contribution < -0.4 is 10.6 Å². The molecule has 1 heterocycles. The third kappa shape index (κ3) is 1.63. The monoisotopic (exact) mass is 204 g/mol. The normalized spacial score (nSPS) is 21.6. The molecule has 1 aromatic carbocycles. The zero-order chi connectivity index (χ0) is 11.0. The number of hydrogen-bond donors (Lipinski definition) is 1. The summed E-state index contributed by atoms with van der Waals surface area (Å²) in [6.45, 7) is 8.65. The standard InChI is InChI=1S/C13H20N2/c1-4-15-8-11(10(3)14)13-9(2)6-5-7-12(13)15/h5-7,10-11H,4,8,14H2,1-3H3. The van der Waals surface area contributed by atoms with Crippen LogP contribution in [0.3, 0.4) is 0 Å². The molecule has 1 aromatic rings. The van der Waals surface area contributed by atoms with Gasteiger partial charge in [-0.15, -0.1) is 0 Å². The highest BCUT2D eigenvalue weighted by Gasteiger charge is 2.30. The molecule has 1 aliphatic heterocycles. The molecular formula is C13H20N2. The number of benzene rings is 1. The third-order valence-corrected chi connectivity index (χ3v) is 3.45. The van der Waals surface area contributed by atoms with Crippen LogP contribution in [0.1, 0.15) is 30.9 Å². The largest absolute Gasteiger partial charge is 0.371 e. The molecule has 2 atom stereocenters. The second-order valence-corrected chi connectivity index (χ2v) is 4.51. The van der Waals surface area contributed by atoms with E-state index in [0.717, 1.165) is 13.1 Å². The Hall–Kier alpha value is -1.02. The van der Waals surface area contributed by atoms with Gasteiger partial charge in [0.1, 0.15) is 0 Å². The van der Waals surface area contributed by atoms with Crippen molar-refractivity contribution in [3.63, 3.8) is 0 Å². The fourth-order valence-corrected chi connectivity index (χ4v) is 2.58. The number of hydrogen-bond acceptors (Lipinski definition) is 2. The van der Waals surface area contributed by atoms with Gasteiger partial charge in [-0.2, -0.15) is 0 Å². The first-order chi connectivity index (χ1) is 7.15. The van der Waals surface area contributed by atoms with E-state index in [9.17, 15) is 0 Å². The van der Waals surface area contributed by atoms with Gasteiger partial charge in [0, 0.05) is 30.7 Å². The Balaban J connectivity index is 2.48. The molecule has 0 aromatic heterocycles. The number of aryl methyl sites for hydroxylation is 1. The average Bonchev–Trinajstić information content (AvgIpc) is 2.58. The molecule has 2 heteroatoms.